The van der Waals surface area contributed by atoms with E-state index < -0.39 is 6.29 Å². The molecule has 0 aromatic heterocycles. The van der Waals surface area contributed by atoms with Crippen molar-refractivity contribution in [2.45, 2.75) is 344 Å². The smallest absolute Gasteiger partial charge is 0.330 e. The van der Waals surface area contributed by atoms with Crippen molar-refractivity contribution in [2.75, 3.05) is 111 Å². The Kier molecular flexibility index (Phi) is 95.8. The van der Waals surface area contributed by atoms with Crippen LogP contribution in [0.3, 0.4) is 0 Å². The minimum Gasteiger partial charge on any atom is -0.469 e. The SMILES string of the molecule is C/C=C/C(CC(=O)OC)C(/C=C/C(OC)OC)CCCCC.CCCCCC(/C=C/C(OC)OC)C(CC=O)CC(=O)OC.CCCCCC(/C=C/C(OC)OC)C(CCO)CC(=O)OC.CCCCCC(/C=C/C(OC)OC)C1CCOC(=O)C1.CCCCCC(/C=C/C=O)C1CCOC(=O)C1.CCCCCC(C=O)C1CCOC(=O)C1.CCCCCCC=O.O=C1C=CCCO1. The number of aldehydes is 4. The summed E-state index contributed by atoms with van der Waals surface area (Å²) < 4.78 is 75.2. The van der Waals surface area contributed by atoms with Gasteiger partial charge < -0.3 is 90.5 Å². The van der Waals surface area contributed by atoms with Gasteiger partial charge in [0, 0.05) is 127 Å². The average molecular weight is 1890 g/mol. The van der Waals surface area contributed by atoms with Gasteiger partial charge in [-0.2, -0.15) is 0 Å². The third kappa shape index (κ3) is 74.6. The lowest BCUT2D eigenvalue weighted by Crippen LogP contribution is -2.27. The van der Waals surface area contributed by atoms with E-state index in [0.717, 1.165) is 166 Å². The van der Waals surface area contributed by atoms with Gasteiger partial charge in [-0.25, -0.2) is 4.79 Å². The molecule has 0 radical (unpaired) electrons. The van der Waals surface area contributed by atoms with Crippen molar-refractivity contribution in [2.24, 2.45) is 71.0 Å². The highest BCUT2D eigenvalue weighted by Gasteiger charge is 2.31. The molecular weight excluding hydrogens is 1710 g/mol. The first-order chi connectivity index (χ1) is 64.4. The third-order valence-corrected chi connectivity index (χ3v) is 23.7. The van der Waals surface area contributed by atoms with E-state index in [2.05, 4.69) is 77.5 Å². The molecule has 3 saturated heterocycles. The number of methoxy groups -OCH3 is 11. The molecule has 0 aliphatic carbocycles. The fraction of sp³-hybridized carbons (Fsp3) is 0.764. The van der Waals surface area contributed by atoms with Crippen molar-refractivity contribution in [3.05, 3.63) is 85.1 Å². The summed E-state index contributed by atoms with van der Waals surface area (Å²) in [4.78, 5) is 121. The van der Waals surface area contributed by atoms with E-state index in [1.54, 1.807) is 63.0 Å². The lowest BCUT2D eigenvalue weighted by molar-refractivity contribution is -0.151. The number of carbonyl (C=O) groups is 11. The molecule has 0 amide bonds. The first-order valence-electron chi connectivity index (χ1n) is 49.6. The van der Waals surface area contributed by atoms with Gasteiger partial charge in [0.05, 0.1) is 54.2 Å². The first-order valence-corrected chi connectivity index (χ1v) is 49.6. The fourth-order valence-corrected chi connectivity index (χ4v) is 15.7. The van der Waals surface area contributed by atoms with Crippen LogP contribution in [-0.4, -0.2) is 208 Å². The number of unbranched alkanes of at least 4 members (excludes halogenated alkanes) is 16. The number of allylic oxidation sites excluding steroid dienone is 8. The van der Waals surface area contributed by atoms with E-state index in [1.807, 2.05) is 55.5 Å². The minimum absolute atomic E-state index is 0.0487. The summed E-state index contributed by atoms with van der Waals surface area (Å²) in [7, 11) is 17.0. The van der Waals surface area contributed by atoms with Crippen LogP contribution in [0.15, 0.2) is 85.1 Å². The van der Waals surface area contributed by atoms with Crippen LogP contribution in [0.4, 0.5) is 0 Å². The second-order valence-corrected chi connectivity index (χ2v) is 33.8. The Bertz CT molecular complexity index is 3040. The summed E-state index contributed by atoms with van der Waals surface area (Å²) in [5.41, 5.74) is 0. The molecule has 0 bridgehead atoms. The van der Waals surface area contributed by atoms with Crippen LogP contribution in [0.2, 0.25) is 0 Å². The van der Waals surface area contributed by atoms with Gasteiger partial charge in [0.25, 0.3) is 0 Å². The Balaban J connectivity index is -0.000000729. The normalized spacial score (nSPS) is 17.5. The standard InChI is InChI=1S/C18H32O4.C17H32O5.C17H30O5.C16H28O4.C14H22O3.C12H20O3.C7H14O.C5H6O2/c1-6-8-9-11-15(12-13-18(21-4)22-5)16(10-7-2)14-17(19)20-3;2*1-5-6-7-8-14(9-10-17(21-3)22-4)15(11-12-18)13-16(19)20-2;1-4-5-6-7-13(8-9-16(18-2)19-3)14-10-11-20-15(17)12-14;1-2-3-4-6-12(7-5-9-15)13-8-10-17-14(16)11-13;1-2-3-4-5-11(9-13)10-6-7-15-12(14)8-10;1-2-3-4-5-6-7-8;6-5-3-1-2-4-7-5/h7,10,12-13,15-16,18H,6,8-9,11,14H2,1-5H3;9-10,14-15,17-18H,5-8,11-13H2,1-4H3;9-10,12,14-15,17H,5-8,11,13H2,1-4H3;8-9,13-14,16H,4-7,10-12H2,1-3H3;5,7,9,12-13H,2-4,6,8,10-11H2,1H3;9-11H,2-8H2,1H3;7H,2-6H2,1H3;1,3H,2,4H2/b10-7+,13-12+;2*10-9+;9-8+;7-5+;;;. The van der Waals surface area contributed by atoms with Crippen LogP contribution in [-0.2, 0) is 124 Å². The van der Waals surface area contributed by atoms with Crippen LogP contribution in [0, 0.1) is 71.0 Å². The predicted molar refractivity (Wildman–Crippen MR) is 523 cm³/mol. The number of cyclic esters (lactones) is 4. The van der Waals surface area contributed by atoms with Gasteiger partial charge in [-0.1, -0.05) is 232 Å². The van der Waals surface area contributed by atoms with Gasteiger partial charge in [0.1, 0.15) is 25.1 Å². The molecule has 12 unspecified atom stereocenters. The van der Waals surface area contributed by atoms with Gasteiger partial charge in [-0.15, -0.1) is 0 Å². The van der Waals surface area contributed by atoms with E-state index in [-0.39, 0.29) is 121 Å². The fourth-order valence-electron chi connectivity index (χ4n) is 15.7. The number of esters is 7. The molecule has 27 heteroatoms. The maximum Gasteiger partial charge on any atom is 0.330 e. The largest absolute Gasteiger partial charge is 0.469 e. The molecule has 27 nitrogen and oxygen atoms in total. The van der Waals surface area contributed by atoms with Gasteiger partial charge in [-0.3, -0.25) is 33.6 Å². The number of hydrogen-bond donors (Lipinski definition) is 1. The van der Waals surface area contributed by atoms with E-state index in [9.17, 15) is 57.8 Å². The average Bonchev–Trinajstić information content (AvgIpc) is 0.904. The lowest BCUT2D eigenvalue weighted by atomic mass is 9.82. The number of carbonyl (C=O) groups excluding carboxylic acids is 11. The van der Waals surface area contributed by atoms with Gasteiger partial charge in [0.2, 0.25) is 0 Å². The second-order valence-electron chi connectivity index (χ2n) is 33.8. The molecule has 4 rings (SSSR count). The second kappa shape index (κ2) is 96.5. The Morgan fingerprint density at radius 1 is 0.376 bits per heavy atom. The zero-order valence-electron chi connectivity index (χ0n) is 85.7. The predicted octanol–water partition coefficient (Wildman–Crippen LogP) is 21.3. The van der Waals surface area contributed by atoms with Crippen molar-refractivity contribution < 1.29 is 129 Å². The Morgan fingerprint density at radius 3 is 1.06 bits per heavy atom. The zero-order chi connectivity index (χ0) is 100. The number of aliphatic hydroxyl groups is 1. The van der Waals surface area contributed by atoms with Crippen molar-refractivity contribution >= 4 is 66.9 Å². The monoisotopic (exact) mass is 1890 g/mol. The molecule has 770 valence electrons. The van der Waals surface area contributed by atoms with E-state index in [4.69, 9.17) is 66.3 Å². The van der Waals surface area contributed by atoms with Crippen LogP contribution in [0.5, 0.6) is 0 Å². The molecule has 4 aliphatic rings. The summed E-state index contributed by atoms with van der Waals surface area (Å²) >= 11 is 0. The van der Waals surface area contributed by atoms with E-state index >= 15 is 0 Å². The molecule has 133 heavy (non-hydrogen) atoms. The molecule has 12 atom stereocenters. The highest BCUT2D eigenvalue weighted by molar-refractivity contribution is 5.82. The first kappa shape index (κ1) is 132. The third-order valence-electron chi connectivity index (χ3n) is 23.7. The lowest BCUT2D eigenvalue weighted by Gasteiger charge is -2.28. The van der Waals surface area contributed by atoms with Gasteiger partial charge >= 0.3 is 41.8 Å². The van der Waals surface area contributed by atoms with Gasteiger partial charge in [-0.05, 0) is 173 Å². The summed E-state index contributed by atoms with van der Waals surface area (Å²) in [6, 6.07) is 0. The van der Waals surface area contributed by atoms with Crippen molar-refractivity contribution in [1.82, 2.24) is 0 Å². The molecular formula is C106H184O27. The molecule has 0 saturated carbocycles. The Morgan fingerprint density at radius 2 is 0.729 bits per heavy atom. The maximum absolute atomic E-state index is 11.7. The van der Waals surface area contributed by atoms with Crippen LogP contribution in [0.25, 0.3) is 0 Å². The molecule has 0 aromatic carbocycles. The van der Waals surface area contributed by atoms with E-state index in [0.29, 0.717) is 95.0 Å². The zero-order valence-corrected chi connectivity index (χ0v) is 85.7. The highest BCUT2D eigenvalue weighted by atomic mass is 16.7. The molecule has 0 aromatic rings. The summed E-state index contributed by atoms with van der Waals surface area (Å²) in [5, 5.41) is 9.29. The molecule has 4 aliphatic heterocycles. The molecule has 0 spiro atoms. The summed E-state index contributed by atoms with van der Waals surface area (Å²) in [6.45, 7) is 19.4. The van der Waals surface area contributed by atoms with Crippen LogP contribution in [0.1, 0.15) is 319 Å². The molecule has 1 N–H and O–H groups in total. The van der Waals surface area contributed by atoms with E-state index in [1.165, 1.54) is 98.0 Å². The molecule has 4 heterocycles. The number of rotatable bonds is 65. The molecule has 3 fully saturated rings. The summed E-state index contributed by atoms with van der Waals surface area (Å²) in [5.74, 6) is 1.32. The van der Waals surface area contributed by atoms with Crippen LogP contribution < -0.4 is 0 Å². The Labute approximate surface area is 803 Å². The quantitative estimate of drug-likeness (QED) is 0.0112. The maximum atomic E-state index is 11.7. The Hall–Kier alpha value is -7.21. The van der Waals surface area contributed by atoms with Crippen LogP contribution >= 0.6 is 0 Å². The topological polar surface area (TPSA) is 346 Å². The van der Waals surface area contributed by atoms with Crippen molar-refractivity contribution in [3.8, 4) is 0 Å². The highest BCUT2D eigenvalue weighted by Crippen LogP contribution is 2.34. The van der Waals surface area contributed by atoms with Crippen molar-refractivity contribution in [1.29, 1.82) is 0 Å². The summed E-state index contributed by atoms with van der Waals surface area (Å²) in [6.07, 6.45) is 68.5. The minimum atomic E-state index is -0.413. The number of aliphatic hydroxyl groups excluding tert-OH is 1. The number of hydrogen-bond acceptors (Lipinski definition) is 27. The van der Waals surface area contributed by atoms with Gasteiger partial charge in [0.15, 0.2) is 25.2 Å². The number of ether oxygens (including phenoxy) is 15. The van der Waals surface area contributed by atoms with Crippen molar-refractivity contribution in [3.63, 3.8) is 0 Å².